The highest BCUT2D eigenvalue weighted by atomic mass is 19.4. The fraction of sp³-hybridized carbons (Fsp3) is 0.280. The van der Waals surface area contributed by atoms with E-state index in [-0.39, 0.29) is 23.2 Å². The van der Waals surface area contributed by atoms with Crippen molar-refractivity contribution in [2.75, 3.05) is 31.4 Å². The number of ether oxygens (including phenoxy) is 3. The lowest BCUT2D eigenvalue weighted by molar-refractivity contribution is -0.115. The van der Waals surface area contributed by atoms with E-state index in [1.807, 2.05) is 0 Å². The summed E-state index contributed by atoms with van der Waals surface area (Å²) in [4.78, 5) is 21.4. The van der Waals surface area contributed by atoms with Gasteiger partial charge in [-0.15, -0.1) is 0 Å². The highest BCUT2D eigenvalue weighted by Gasteiger charge is 2.31. The molecule has 38 heavy (non-hydrogen) atoms. The second-order valence-corrected chi connectivity index (χ2v) is 8.54. The third-order valence-corrected chi connectivity index (χ3v) is 5.76. The average Bonchev–Trinajstić information content (AvgIpc) is 3.66. The van der Waals surface area contributed by atoms with E-state index < -0.39 is 18.6 Å². The molecule has 0 spiro atoms. The first-order chi connectivity index (χ1) is 18.2. The number of rotatable bonds is 9. The van der Waals surface area contributed by atoms with Crippen LogP contribution in [0.3, 0.4) is 0 Å². The lowest BCUT2D eigenvalue weighted by Gasteiger charge is -2.12. The minimum atomic E-state index is -4.44. The lowest BCUT2D eigenvalue weighted by Crippen LogP contribution is -2.23. The lowest BCUT2D eigenvalue weighted by atomic mass is 10.2. The van der Waals surface area contributed by atoms with E-state index in [2.05, 4.69) is 25.7 Å². The SMILES string of the molecule is COc1cc2nccc(Oc3ccc(NC(=O)c4nn(C5CC5)cc4NCC(F)(F)F)nc3)c2cc1OC. The molecular formula is C25H23F3N6O4. The molecule has 3 heterocycles. The largest absolute Gasteiger partial charge is 0.493 e. The first kappa shape index (κ1) is 25.1. The molecule has 4 aromatic rings. The van der Waals surface area contributed by atoms with Gasteiger partial charge in [0.15, 0.2) is 17.2 Å². The fourth-order valence-electron chi connectivity index (χ4n) is 3.76. The normalized spacial score (nSPS) is 13.3. The predicted octanol–water partition coefficient (Wildman–Crippen LogP) is 5.20. The zero-order chi connectivity index (χ0) is 26.9. The molecule has 1 aliphatic carbocycles. The molecule has 0 bridgehead atoms. The van der Waals surface area contributed by atoms with Gasteiger partial charge in [0.25, 0.3) is 5.91 Å². The molecule has 1 saturated carbocycles. The smallest absolute Gasteiger partial charge is 0.405 e. The number of carbonyl (C=O) groups excluding carboxylic acids is 1. The first-order valence-electron chi connectivity index (χ1n) is 11.6. The van der Waals surface area contributed by atoms with Crippen LogP contribution in [0, 0.1) is 0 Å². The summed E-state index contributed by atoms with van der Waals surface area (Å²) in [7, 11) is 3.07. The number of hydrogen-bond donors (Lipinski definition) is 2. The number of benzene rings is 1. The van der Waals surface area contributed by atoms with Crippen molar-refractivity contribution in [2.45, 2.75) is 25.1 Å². The summed E-state index contributed by atoms with van der Waals surface area (Å²) >= 11 is 0. The van der Waals surface area contributed by atoms with Crippen molar-refractivity contribution in [2.24, 2.45) is 0 Å². The Morgan fingerprint density at radius 1 is 1.08 bits per heavy atom. The van der Waals surface area contributed by atoms with Crippen LogP contribution in [0.2, 0.25) is 0 Å². The van der Waals surface area contributed by atoms with Gasteiger partial charge in [-0.3, -0.25) is 14.5 Å². The minimum absolute atomic E-state index is 0.00306. The third-order valence-electron chi connectivity index (χ3n) is 5.76. The van der Waals surface area contributed by atoms with E-state index in [0.29, 0.717) is 33.9 Å². The molecule has 13 heteroatoms. The van der Waals surface area contributed by atoms with Crippen LogP contribution in [0.4, 0.5) is 24.7 Å². The Balaban J connectivity index is 1.31. The maximum Gasteiger partial charge on any atom is 0.405 e. The van der Waals surface area contributed by atoms with Crippen molar-refractivity contribution in [3.8, 4) is 23.0 Å². The predicted molar refractivity (Wildman–Crippen MR) is 132 cm³/mol. The molecule has 1 aromatic carbocycles. The van der Waals surface area contributed by atoms with Gasteiger partial charge >= 0.3 is 6.18 Å². The summed E-state index contributed by atoms with van der Waals surface area (Å²) in [5.41, 5.74) is 0.497. The molecule has 198 valence electrons. The molecule has 0 unspecified atom stereocenters. The molecule has 1 amide bonds. The molecule has 0 atom stereocenters. The van der Waals surface area contributed by atoms with Crippen LogP contribution < -0.4 is 24.8 Å². The topological polar surface area (TPSA) is 112 Å². The van der Waals surface area contributed by atoms with Crippen LogP contribution in [-0.4, -0.2) is 52.6 Å². The highest BCUT2D eigenvalue weighted by Crippen LogP contribution is 2.37. The number of fused-ring (bicyclic) bond motifs is 1. The van der Waals surface area contributed by atoms with Crippen molar-refractivity contribution >= 4 is 28.3 Å². The number of anilines is 2. The summed E-state index contributed by atoms with van der Waals surface area (Å²) in [6.07, 6.45) is 1.70. The first-order valence-corrected chi connectivity index (χ1v) is 11.6. The van der Waals surface area contributed by atoms with Gasteiger partial charge < -0.3 is 24.8 Å². The zero-order valence-electron chi connectivity index (χ0n) is 20.4. The maximum absolute atomic E-state index is 12.8. The minimum Gasteiger partial charge on any atom is -0.493 e. The molecule has 1 fully saturated rings. The van der Waals surface area contributed by atoms with E-state index in [4.69, 9.17) is 14.2 Å². The van der Waals surface area contributed by atoms with Gasteiger partial charge in [-0.2, -0.15) is 18.3 Å². The Hall–Kier alpha value is -4.55. The molecule has 5 rings (SSSR count). The summed E-state index contributed by atoms with van der Waals surface area (Å²) in [6, 6.07) is 8.38. The van der Waals surface area contributed by atoms with Crippen LogP contribution in [-0.2, 0) is 0 Å². The quantitative estimate of drug-likeness (QED) is 0.305. The second-order valence-electron chi connectivity index (χ2n) is 8.54. The molecule has 3 aromatic heterocycles. The van der Waals surface area contributed by atoms with E-state index in [1.54, 1.807) is 30.5 Å². The number of amides is 1. The molecule has 10 nitrogen and oxygen atoms in total. The van der Waals surface area contributed by atoms with Crippen LogP contribution in [0.15, 0.2) is 48.9 Å². The number of methoxy groups -OCH3 is 2. The number of hydrogen-bond acceptors (Lipinski definition) is 8. The third kappa shape index (κ3) is 5.56. The Labute approximate surface area is 214 Å². The van der Waals surface area contributed by atoms with Crippen LogP contribution >= 0.6 is 0 Å². The Kier molecular flexibility index (Phi) is 6.66. The maximum atomic E-state index is 12.8. The Bertz CT molecular complexity index is 1470. The number of nitrogens with zero attached hydrogens (tertiary/aromatic N) is 4. The second kappa shape index (κ2) is 10.1. The van der Waals surface area contributed by atoms with Crippen LogP contribution in [0.5, 0.6) is 23.0 Å². The monoisotopic (exact) mass is 528 g/mol. The van der Waals surface area contributed by atoms with E-state index >= 15 is 0 Å². The van der Waals surface area contributed by atoms with Crippen molar-refractivity contribution in [1.29, 1.82) is 0 Å². The fourth-order valence-corrected chi connectivity index (χ4v) is 3.76. The molecule has 0 aliphatic heterocycles. The summed E-state index contributed by atoms with van der Waals surface area (Å²) in [5.74, 6) is 1.43. The van der Waals surface area contributed by atoms with Gasteiger partial charge in [-0.05, 0) is 37.1 Å². The molecule has 1 aliphatic rings. The Morgan fingerprint density at radius 2 is 1.84 bits per heavy atom. The average molecular weight is 528 g/mol. The number of halogens is 3. The summed E-state index contributed by atoms with van der Waals surface area (Å²) in [6.45, 7) is -1.28. The van der Waals surface area contributed by atoms with E-state index in [1.165, 1.54) is 37.4 Å². The standard InChI is InChI=1S/C25H23F3N6O4/c1-36-20-9-16-17(10-21(20)37-2)29-8-7-19(16)38-15-5-6-22(30-11-15)32-24(35)23-18(31-13-25(26,27)28)12-34(33-23)14-3-4-14/h5-12,14,31H,3-4,13H2,1-2H3,(H,30,32,35). The van der Waals surface area contributed by atoms with Gasteiger partial charge in [0.1, 0.15) is 23.9 Å². The summed E-state index contributed by atoms with van der Waals surface area (Å²) in [5, 5.41) is 9.71. The van der Waals surface area contributed by atoms with Gasteiger partial charge in [0.05, 0.1) is 37.7 Å². The number of aromatic nitrogens is 4. The van der Waals surface area contributed by atoms with E-state index in [9.17, 15) is 18.0 Å². The Morgan fingerprint density at radius 3 is 2.50 bits per heavy atom. The number of nitrogens with one attached hydrogen (secondary N) is 2. The molecule has 0 radical (unpaired) electrons. The van der Waals surface area contributed by atoms with Crippen molar-refractivity contribution in [1.82, 2.24) is 19.7 Å². The van der Waals surface area contributed by atoms with Crippen LogP contribution in [0.25, 0.3) is 10.9 Å². The van der Waals surface area contributed by atoms with Gasteiger partial charge in [0, 0.05) is 23.8 Å². The molecule has 2 N–H and O–H groups in total. The van der Waals surface area contributed by atoms with Crippen molar-refractivity contribution in [3.63, 3.8) is 0 Å². The van der Waals surface area contributed by atoms with Crippen molar-refractivity contribution < 1.29 is 32.2 Å². The number of alkyl halides is 3. The van der Waals surface area contributed by atoms with Crippen molar-refractivity contribution in [3.05, 3.63) is 54.6 Å². The number of carbonyl (C=O) groups is 1. The van der Waals surface area contributed by atoms with Gasteiger partial charge in [-0.1, -0.05) is 0 Å². The van der Waals surface area contributed by atoms with E-state index in [0.717, 1.165) is 12.8 Å². The van der Waals surface area contributed by atoms with Gasteiger partial charge in [-0.25, -0.2) is 4.98 Å². The summed E-state index contributed by atoms with van der Waals surface area (Å²) < 4.78 is 56.4. The number of pyridine rings is 2. The molecule has 0 saturated heterocycles. The van der Waals surface area contributed by atoms with Crippen LogP contribution in [0.1, 0.15) is 29.4 Å². The zero-order valence-corrected chi connectivity index (χ0v) is 20.4. The highest BCUT2D eigenvalue weighted by molar-refractivity contribution is 6.06. The van der Waals surface area contributed by atoms with Gasteiger partial charge in [0.2, 0.25) is 0 Å². The molecular weight excluding hydrogens is 505 g/mol.